The Morgan fingerprint density at radius 1 is 1.34 bits per heavy atom. The highest BCUT2D eigenvalue weighted by Gasteiger charge is 2.37. The summed E-state index contributed by atoms with van der Waals surface area (Å²) in [5, 5.41) is 9.54. The second-order valence-corrected chi connectivity index (χ2v) is 8.36. The van der Waals surface area contributed by atoms with E-state index >= 15 is 0 Å². The van der Waals surface area contributed by atoms with Gasteiger partial charge in [-0.15, -0.1) is 0 Å². The summed E-state index contributed by atoms with van der Waals surface area (Å²) in [6, 6.07) is 6.41. The van der Waals surface area contributed by atoms with E-state index < -0.39 is 11.7 Å². The molecule has 7 nitrogen and oxygen atoms in total. The number of nitrogens with zero attached hydrogens (tertiary/aromatic N) is 4. The van der Waals surface area contributed by atoms with Gasteiger partial charge >= 0.3 is 6.18 Å². The summed E-state index contributed by atoms with van der Waals surface area (Å²) in [6.07, 6.45) is -1.40. The van der Waals surface area contributed by atoms with Crippen molar-refractivity contribution >= 4 is 22.8 Å². The average molecular weight is 446 g/mol. The van der Waals surface area contributed by atoms with Gasteiger partial charge in [0, 0.05) is 42.6 Å². The van der Waals surface area contributed by atoms with Crippen LogP contribution in [-0.2, 0) is 17.4 Å². The number of H-pyrrole nitrogens is 1. The van der Waals surface area contributed by atoms with Gasteiger partial charge in [-0.2, -0.15) is 18.3 Å². The largest absolute Gasteiger partial charge is 0.417 e. The first-order valence-electron chi connectivity index (χ1n) is 10.6. The minimum absolute atomic E-state index is 0.0613. The molecule has 3 aromatic heterocycles. The predicted octanol–water partition coefficient (Wildman–Crippen LogP) is 4.14. The molecule has 10 heteroatoms. The number of carbonyl (C=O) groups is 1. The number of piperidine rings is 1. The Balaban J connectivity index is 1.62. The molecular weight excluding hydrogens is 421 g/mol. The fourth-order valence-electron chi connectivity index (χ4n) is 4.08. The van der Waals surface area contributed by atoms with Gasteiger partial charge in [-0.3, -0.25) is 14.9 Å². The molecule has 0 aliphatic carbocycles. The topological polar surface area (TPSA) is 86.8 Å². The van der Waals surface area contributed by atoms with Crippen molar-refractivity contribution in [3.8, 4) is 0 Å². The van der Waals surface area contributed by atoms with E-state index in [9.17, 15) is 18.0 Å². The number of hydrogen-bond acceptors (Lipinski definition) is 5. The molecule has 1 fully saturated rings. The van der Waals surface area contributed by atoms with Gasteiger partial charge in [0.05, 0.1) is 17.4 Å². The molecule has 4 heterocycles. The lowest BCUT2D eigenvalue weighted by molar-refractivity contribution is -0.136. The number of hydrogen-bond donors (Lipinski definition) is 2. The van der Waals surface area contributed by atoms with Crippen molar-refractivity contribution in [2.45, 2.75) is 51.2 Å². The molecule has 0 radical (unpaired) electrons. The van der Waals surface area contributed by atoms with Crippen molar-refractivity contribution < 1.29 is 18.0 Å². The lowest BCUT2D eigenvalue weighted by Gasteiger charge is -2.32. The number of anilines is 1. The smallest absolute Gasteiger partial charge is 0.366 e. The molecule has 0 unspecified atom stereocenters. The maximum Gasteiger partial charge on any atom is 0.417 e. The molecule has 32 heavy (non-hydrogen) atoms. The van der Waals surface area contributed by atoms with Crippen molar-refractivity contribution in [3.05, 3.63) is 47.4 Å². The van der Waals surface area contributed by atoms with Crippen molar-refractivity contribution in [2.75, 3.05) is 18.4 Å². The fourth-order valence-corrected chi connectivity index (χ4v) is 4.08. The Morgan fingerprint density at radius 2 is 2.16 bits per heavy atom. The van der Waals surface area contributed by atoms with Crippen molar-refractivity contribution in [3.63, 3.8) is 0 Å². The van der Waals surface area contributed by atoms with E-state index in [1.807, 2.05) is 19.9 Å². The number of halogens is 3. The number of carbonyl (C=O) groups excluding carboxylic acids is 1. The van der Waals surface area contributed by atoms with Gasteiger partial charge < -0.3 is 10.2 Å². The van der Waals surface area contributed by atoms with Gasteiger partial charge in [0.25, 0.3) is 0 Å². The zero-order valence-electron chi connectivity index (χ0n) is 17.9. The van der Waals surface area contributed by atoms with Gasteiger partial charge in [-0.05, 0) is 44.9 Å². The maximum atomic E-state index is 13.9. The van der Waals surface area contributed by atoms with Crippen LogP contribution in [0.5, 0.6) is 0 Å². The molecule has 2 N–H and O–H groups in total. The minimum atomic E-state index is -4.56. The molecule has 3 aromatic rings. The zero-order valence-corrected chi connectivity index (χ0v) is 17.9. The Bertz CT molecular complexity index is 1100. The van der Waals surface area contributed by atoms with Crippen LogP contribution in [0.2, 0.25) is 0 Å². The lowest BCUT2D eigenvalue weighted by atomic mass is 9.92. The fraction of sp³-hybridized carbons (Fsp3) is 0.455. The lowest BCUT2D eigenvalue weighted by Crippen LogP contribution is -2.40. The third kappa shape index (κ3) is 4.68. The first kappa shape index (κ1) is 22.0. The Morgan fingerprint density at radius 3 is 2.84 bits per heavy atom. The number of amides is 1. The number of pyridine rings is 2. The molecular formula is C22H25F3N6O. The SMILES string of the molecule is CC(C)Nc1n[nH]c2nc([C@@H]3CCCN(C(=O)Cc4ccccn4)C3)cc(C(F)(F)F)c12. The summed E-state index contributed by atoms with van der Waals surface area (Å²) in [5.41, 5.74) is 0.308. The number of aromatic nitrogens is 4. The number of alkyl halides is 3. The number of likely N-dealkylation sites (tertiary alicyclic amines) is 1. The molecule has 1 atom stereocenters. The first-order valence-corrected chi connectivity index (χ1v) is 10.6. The zero-order chi connectivity index (χ0) is 22.9. The Labute approximate surface area is 183 Å². The standard InChI is InChI=1S/C22H25F3N6O/c1-13(2)27-20-19-16(22(23,24)25)11-17(28-21(19)30-29-20)14-6-5-9-31(12-14)18(32)10-15-7-3-4-8-26-15/h3-4,7-8,11,13-14H,5-6,9-10,12H2,1-2H3,(H2,27,28,29,30)/t14-/m1/s1. The van der Waals surface area contributed by atoms with Crippen LogP contribution in [0.1, 0.15) is 49.6 Å². The number of nitrogens with one attached hydrogen (secondary N) is 2. The molecule has 4 rings (SSSR count). The highest BCUT2D eigenvalue weighted by molar-refractivity contribution is 5.91. The van der Waals surface area contributed by atoms with E-state index in [1.165, 1.54) is 0 Å². The van der Waals surface area contributed by atoms with Crippen LogP contribution < -0.4 is 5.32 Å². The molecule has 1 aliphatic rings. The molecule has 1 aliphatic heterocycles. The quantitative estimate of drug-likeness (QED) is 0.615. The summed E-state index contributed by atoms with van der Waals surface area (Å²) < 4.78 is 41.8. The van der Waals surface area contributed by atoms with Crippen molar-refractivity contribution in [1.29, 1.82) is 0 Å². The normalized spacial score (nSPS) is 17.2. The summed E-state index contributed by atoms with van der Waals surface area (Å²) >= 11 is 0. The average Bonchev–Trinajstić information content (AvgIpc) is 3.15. The highest BCUT2D eigenvalue weighted by atomic mass is 19.4. The van der Waals surface area contributed by atoms with Gasteiger partial charge in [0.1, 0.15) is 0 Å². The van der Waals surface area contributed by atoms with Crippen molar-refractivity contribution in [1.82, 2.24) is 25.1 Å². The summed E-state index contributed by atoms with van der Waals surface area (Å²) in [4.78, 5) is 23.1. The monoisotopic (exact) mass is 446 g/mol. The molecule has 0 spiro atoms. The van der Waals surface area contributed by atoms with Gasteiger partial charge in [-0.1, -0.05) is 6.07 Å². The van der Waals surface area contributed by atoms with E-state index in [-0.39, 0.29) is 41.1 Å². The second-order valence-electron chi connectivity index (χ2n) is 8.36. The Kier molecular flexibility index (Phi) is 6.03. The molecule has 0 bridgehead atoms. The maximum absolute atomic E-state index is 13.9. The molecule has 170 valence electrons. The summed E-state index contributed by atoms with van der Waals surface area (Å²) in [6.45, 7) is 4.55. The van der Waals surface area contributed by atoms with Crippen LogP contribution >= 0.6 is 0 Å². The van der Waals surface area contributed by atoms with Crippen LogP contribution in [0.3, 0.4) is 0 Å². The van der Waals surface area contributed by atoms with Gasteiger partial charge in [0.2, 0.25) is 5.91 Å². The predicted molar refractivity (Wildman–Crippen MR) is 114 cm³/mol. The highest BCUT2D eigenvalue weighted by Crippen LogP contribution is 2.39. The van der Waals surface area contributed by atoms with Crippen LogP contribution in [0.4, 0.5) is 19.0 Å². The van der Waals surface area contributed by atoms with E-state index in [0.29, 0.717) is 37.3 Å². The number of aromatic amines is 1. The van der Waals surface area contributed by atoms with Gasteiger partial charge in [0.15, 0.2) is 11.5 Å². The van der Waals surface area contributed by atoms with Crippen LogP contribution in [0.25, 0.3) is 11.0 Å². The van der Waals surface area contributed by atoms with E-state index in [4.69, 9.17) is 0 Å². The van der Waals surface area contributed by atoms with E-state index in [2.05, 4.69) is 25.5 Å². The third-order valence-electron chi connectivity index (χ3n) is 5.53. The Hall–Kier alpha value is -3.17. The molecule has 1 amide bonds. The third-order valence-corrected chi connectivity index (χ3v) is 5.53. The summed E-state index contributed by atoms with van der Waals surface area (Å²) in [5.74, 6) is -0.237. The van der Waals surface area contributed by atoms with E-state index in [0.717, 1.165) is 6.07 Å². The van der Waals surface area contributed by atoms with E-state index in [1.54, 1.807) is 23.2 Å². The molecule has 0 saturated carbocycles. The van der Waals surface area contributed by atoms with Gasteiger partial charge in [-0.25, -0.2) is 4.98 Å². The number of fused-ring (bicyclic) bond motifs is 1. The van der Waals surface area contributed by atoms with Crippen molar-refractivity contribution in [2.24, 2.45) is 0 Å². The van der Waals surface area contributed by atoms with Crippen LogP contribution in [0.15, 0.2) is 30.5 Å². The summed E-state index contributed by atoms with van der Waals surface area (Å²) in [7, 11) is 0. The minimum Gasteiger partial charge on any atom is -0.366 e. The molecule has 1 saturated heterocycles. The van der Waals surface area contributed by atoms with Crippen LogP contribution in [-0.4, -0.2) is 50.1 Å². The number of rotatable bonds is 5. The second kappa shape index (κ2) is 8.76. The first-order chi connectivity index (χ1) is 15.2. The van der Waals surface area contributed by atoms with Crippen LogP contribution in [0, 0.1) is 0 Å². The molecule has 0 aromatic carbocycles.